The third kappa shape index (κ3) is 8.27. The predicted molar refractivity (Wildman–Crippen MR) is 114 cm³/mol. The van der Waals surface area contributed by atoms with Gasteiger partial charge in [-0.2, -0.15) is 0 Å². The quantitative estimate of drug-likeness (QED) is 0.254. The molecule has 142 valence electrons. The summed E-state index contributed by atoms with van der Waals surface area (Å²) in [7, 11) is 0. The summed E-state index contributed by atoms with van der Waals surface area (Å²) in [5.74, 6) is 1.40. The Morgan fingerprint density at radius 1 is 1.36 bits per heavy atom. The van der Waals surface area contributed by atoms with Crippen molar-refractivity contribution < 1.29 is 9.47 Å². The van der Waals surface area contributed by atoms with Crippen LogP contribution >= 0.6 is 24.0 Å². The summed E-state index contributed by atoms with van der Waals surface area (Å²) in [4.78, 5) is 4.45. The number of rotatable bonds is 9. The average Bonchev–Trinajstić information content (AvgIpc) is 3.07. The lowest BCUT2D eigenvalue weighted by Crippen LogP contribution is -2.32. The van der Waals surface area contributed by atoms with Crippen LogP contribution in [0.15, 0.2) is 23.2 Å². The van der Waals surface area contributed by atoms with E-state index in [1.807, 2.05) is 0 Å². The maximum atomic E-state index is 6.09. The van der Waals surface area contributed by atoms with Crippen molar-refractivity contribution in [1.82, 2.24) is 5.32 Å². The minimum absolute atomic E-state index is 0. The molecule has 0 aliphatic carbocycles. The van der Waals surface area contributed by atoms with Gasteiger partial charge in [-0.05, 0) is 25.0 Å². The van der Waals surface area contributed by atoms with Crippen molar-refractivity contribution in [3.8, 4) is 5.75 Å². The largest absolute Gasteiger partial charge is 0.488 e. The first-order valence-corrected chi connectivity index (χ1v) is 9.06. The molecule has 1 aromatic carbocycles. The van der Waals surface area contributed by atoms with Crippen LogP contribution in [-0.4, -0.2) is 31.8 Å². The molecule has 1 aliphatic heterocycles. The predicted octanol–water partition coefficient (Wildman–Crippen LogP) is 3.77. The lowest BCUT2D eigenvalue weighted by atomic mass is 10.1. The number of halogens is 1. The van der Waals surface area contributed by atoms with Crippen LogP contribution in [0.5, 0.6) is 5.75 Å². The van der Waals surface area contributed by atoms with Gasteiger partial charge in [-0.3, -0.25) is 0 Å². The Morgan fingerprint density at radius 3 is 2.92 bits per heavy atom. The van der Waals surface area contributed by atoms with Crippen LogP contribution in [0.2, 0.25) is 0 Å². The first-order valence-electron chi connectivity index (χ1n) is 9.06. The second-order valence-electron chi connectivity index (χ2n) is 6.40. The molecular weight excluding hydrogens is 429 g/mol. The molecule has 0 saturated carbocycles. The van der Waals surface area contributed by atoms with E-state index in [4.69, 9.17) is 15.2 Å². The van der Waals surface area contributed by atoms with Crippen molar-refractivity contribution in [2.75, 3.05) is 19.8 Å². The van der Waals surface area contributed by atoms with Crippen molar-refractivity contribution >= 4 is 29.9 Å². The van der Waals surface area contributed by atoms with Gasteiger partial charge < -0.3 is 20.5 Å². The van der Waals surface area contributed by atoms with Gasteiger partial charge in [0.1, 0.15) is 11.9 Å². The molecule has 0 amide bonds. The third-order valence-corrected chi connectivity index (χ3v) is 4.16. The summed E-state index contributed by atoms with van der Waals surface area (Å²) in [6.45, 7) is 7.12. The molecule has 1 heterocycles. The van der Waals surface area contributed by atoms with Gasteiger partial charge in [-0.1, -0.05) is 38.3 Å². The first kappa shape index (κ1) is 22.0. The summed E-state index contributed by atoms with van der Waals surface area (Å²) >= 11 is 0. The molecule has 0 bridgehead atoms. The van der Waals surface area contributed by atoms with E-state index >= 15 is 0 Å². The summed E-state index contributed by atoms with van der Waals surface area (Å²) in [6.07, 6.45) is 5.96. The van der Waals surface area contributed by atoms with Gasteiger partial charge in [0.15, 0.2) is 5.96 Å². The fourth-order valence-corrected chi connectivity index (χ4v) is 2.68. The molecule has 1 aromatic rings. The molecule has 1 fully saturated rings. The standard InChI is InChI=1S/C19H31N3O2.HI/c1-3-4-5-6-10-21-19(20)22-13-16-8-7-15(2)12-18(16)24-17-9-11-23-14-17;/h7-8,12,17H,3-6,9-11,13-14H2,1-2H3,(H3,20,21,22);1H. The topological polar surface area (TPSA) is 68.9 Å². The Morgan fingerprint density at radius 2 is 2.20 bits per heavy atom. The minimum Gasteiger partial charge on any atom is -0.488 e. The van der Waals surface area contributed by atoms with Crippen molar-refractivity contribution in [2.24, 2.45) is 10.7 Å². The Labute approximate surface area is 168 Å². The van der Waals surface area contributed by atoms with E-state index in [2.05, 4.69) is 42.4 Å². The molecule has 3 N–H and O–H groups in total. The Hall–Kier alpha value is -1.02. The molecule has 25 heavy (non-hydrogen) atoms. The summed E-state index contributed by atoms with van der Waals surface area (Å²) in [5.41, 5.74) is 8.20. The number of nitrogens with two attached hydrogens (primary N) is 1. The van der Waals surface area contributed by atoms with Gasteiger partial charge in [0.05, 0.1) is 19.8 Å². The van der Waals surface area contributed by atoms with Gasteiger partial charge in [0.2, 0.25) is 0 Å². The molecule has 1 saturated heterocycles. The van der Waals surface area contributed by atoms with Crippen molar-refractivity contribution in [3.63, 3.8) is 0 Å². The SMILES string of the molecule is CCCCCCNC(N)=NCc1ccc(C)cc1OC1CCOC1.I. The van der Waals surface area contributed by atoms with E-state index < -0.39 is 0 Å². The maximum Gasteiger partial charge on any atom is 0.188 e. The molecule has 6 heteroatoms. The third-order valence-electron chi connectivity index (χ3n) is 4.16. The van der Waals surface area contributed by atoms with Gasteiger partial charge in [0, 0.05) is 18.5 Å². The highest BCUT2D eigenvalue weighted by Gasteiger charge is 2.18. The van der Waals surface area contributed by atoms with Crippen LogP contribution in [0.3, 0.4) is 0 Å². The second kappa shape index (κ2) is 12.4. The van der Waals surface area contributed by atoms with Crippen LogP contribution in [-0.2, 0) is 11.3 Å². The van der Waals surface area contributed by atoms with Crippen LogP contribution < -0.4 is 15.8 Å². The van der Waals surface area contributed by atoms with E-state index in [-0.39, 0.29) is 30.1 Å². The van der Waals surface area contributed by atoms with E-state index in [1.165, 1.54) is 24.8 Å². The molecular formula is C19H32IN3O2. The Kier molecular flexibility index (Phi) is 10.9. The lowest BCUT2D eigenvalue weighted by Gasteiger charge is -2.15. The van der Waals surface area contributed by atoms with E-state index in [9.17, 15) is 0 Å². The Bertz CT molecular complexity index is 531. The molecule has 0 aromatic heterocycles. The zero-order chi connectivity index (χ0) is 17.2. The second-order valence-corrected chi connectivity index (χ2v) is 6.40. The number of hydrogen-bond acceptors (Lipinski definition) is 3. The molecule has 0 spiro atoms. The summed E-state index contributed by atoms with van der Waals surface area (Å²) in [5, 5.41) is 3.18. The smallest absolute Gasteiger partial charge is 0.188 e. The van der Waals surface area contributed by atoms with Crippen LogP contribution in [0.1, 0.15) is 50.2 Å². The van der Waals surface area contributed by atoms with Crippen molar-refractivity contribution in [3.05, 3.63) is 29.3 Å². The number of unbranched alkanes of at least 4 members (excludes halogenated alkanes) is 3. The fraction of sp³-hybridized carbons (Fsp3) is 0.632. The summed E-state index contributed by atoms with van der Waals surface area (Å²) < 4.78 is 11.5. The monoisotopic (exact) mass is 461 g/mol. The minimum atomic E-state index is 0. The van der Waals surface area contributed by atoms with Crippen molar-refractivity contribution in [1.29, 1.82) is 0 Å². The number of benzene rings is 1. The lowest BCUT2D eigenvalue weighted by molar-refractivity contribution is 0.140. The average molecular weight is 461 g/mol. The number of guanidine groups is 1. The van der Waals surface area contributed by atoms with Crippen LogP contribution in [0.25, 0.3) is 0 Å². The normalized spacial score (nSPS) is 17.2. The molecule has 5 nitrogen and oxygen atoms in total. The fourth-order valence-electron chi connectivity index (χ4n) is 2.68. The Balaban J connectivity index is 0.00000312. The molecule has 1 aliphatic rings. The molecule has 1 unspecified atom stereocenters. The first-order chi connectivity index (χ1) is 11.7. The number of nitrogens with zero attached hydrogens (tertiary/aromatic N) is 1. The van der Waals surface area contributed by atoms with Crippen LogP contribution in [0.4, 0.5) is 0 Å². The number of hydrogen-bond donors (Lipinski definition) is 2. The van der Waals surface area contributed by atoms with E-state index in [0.717, 1.165) is 37.3 Å². The van der Waals surface area contributed by atoms with Gasteiger partial charge in [0.25, 0.3) is 0 Å². The van der Waals surface area contributed by atoms with Gasteiger partial charge in [-0.15, -0.1) is 24.0 Å². The van der Waals surface area contributed by atoms with Crippen LogP contribution in [0, 0.1) is 6.92 Å². The highest BCUT2D eigenvalue weighted by Crippen LogP contribution is 2.24. The highest BCUT2D eigenvalue weighted by atomic mass is 127. The number of ether oxygens (including phenoxy) is 2. The van der Waals surface area contributed by atoms with Gasteiger partial charge >= 0.3 is 0 Å². The molecule has 2 rings (SSSR count). The van der Waals surface area contributed by atoms with Gasteiger partial charge in [-0.25, -0.2) is 4.99 Å². The van der Waals surface area contributed by atoms with Crippen molar-refractivity contribution in [2.45, 2.75) is 58.6 Å². The molecule has 1 atom stereocenters. The van der Waals surface area contributed by atoms with E-state index in [0.29, 0.717) is 19.1 Å². The van der Waals surface area contributed by atoms with E-state index in [1.54, 1.807) is 0 Å². The summed E-state index contributed by atoms with van der Waals surface area (Å²) in [6, 6.07) is 6.22. The number of nitrogens with one attached hydrogen (secondary N) is 1. The molecule has 0 radical (unpaired) electrons. The number of aryl methyl sites for hydroxylation is 1. The number of aliphatic imine (C=N–C) groups is 1. The highest BCUT2D eigenvalue weighted by molar-refractivity contribution is 14.0. The zero-order valence-electron chi connectivity index (χ0n) is 15.4. The zero-order valence-corrected chi connectivity index (χ0v) is 17.8. The maximum absolute atomic E-state index is 6.09.